The number of ether oxygens (including phenoxy) is 1. The highest BCUT2D eigenvalue weighted by molar-refractivity contribution is 5.75. The van der Waals surface area contributed by atoms with Gasteiger partial charge < -0.3 is 15.6 Å². The van der Waals surface area contributed by atoms with Gasteiger partial charge in [-0.2, -0.15) is 0 Å². The number of aromatic nitrogens is 3. The molecule has 1 aromatic heterocycles. The number of methoxy groups -OCH3 is 1. The van der Waals surface area contributed by atoms with Gasteiger partial charge in [0.05, 0.1) is 26.0 Å². The molecule has 15 heavy (non-hydrogen) atoms. The van der Waals surface area contributed by atoms with Crippen LogP contribution in [0.15, 0.2) is 6.20 Å². The molecule has 0 bridgehead atoms. The fourth-order valence-corrected chi connectivity index (χ4v) is 1.08. The number of hydrogen-bond donors (Lipinski definition) is 2. The fourth-order valence-electron chi connectivity index (χ4n) is 1.08. The predicted octanol–water partition coefficient (Wildman–Crippen LogP) is -1.17. The molecule has 84 valence electrons. The molecule has 7 nitrogen and oxygen atoms in total. The highest BCUT2D eigenvalue weighted by Gasteiger charge is 2.23. The molecule has 2 atom stereocenters. The lowest BCUT2D eigenvalue weighted by Crippen LogP contribution is -2.39. The second-order valence-corrected chi connectivity index (χ2v) is 3.14. The largest absolute Gasteiger partial charge is 0.468 e. The van der Waals surface area contributed by atoms with Crippen molar-refractivity contribution in [3.63, 3.8) is 0 Å². The normalized spacial score (nSPS) is 14.7. The van der Waals surface area contributed by atoms with Gasteiger partial charge in [0.2, 0.25) is 0 Å². The maximum absolute atomic E-state index is 11.1. The highest BCUT2D eigenvalue weighted by atomic mass is 16.5. The number of nitrogens with two attached hydrogens (primary N) is 1. The van der Waals surface area contributed by atoms with Gasteiger partial charge in [-0.25, -0.2) is 4.68 Å². The first kappa shape index (κ1) is 11.6. The number of nitrogens with zero attached hydrogens (tertiary/aromatic N) is 3. The molecule has 0 aliphatic rings. The predicted molar refractivity (Wildman–Crippen MR) is 50.6 cm³/mol. The Kier molecular flexibility index (Phi) is 3.75. The lowest BCUT2D eigenvalue weighted by molar-refractivity contribution is -0.143. The van der Waals surface area contributed by atoms with E-state index in [1.54, 1.807) is 6.92 Å². The molecule has 0 aliphatic heterocycles. The molecule has 3 N–H and O–H groups in total. The van der Waals surface area contributed by atoms with Gasteiger partial charge in [-0.1, -0.05) is 5.21 Å². The molecule has 1 aromatic rings. The van der Waals surface area contributed by atoms with E-state index in [-0.39, 0.29) is 12.6 Å². The Bertz CT molecular complexity index is 338. The van der Waals surface area contributed by atoms with Gasteiger partial charge in [0.1, 0.15) is 11.7 Å². The average molecular weight is 214 g/mol. The minimum absolute atomic E-state index is 0.194. The molecule has 0 aromatic carbocycles. The summed E-state index contributed by atoms with van der Waals surface area (Å²) in [5, 5.41) is 16.2. The monoisotopic (exact) mass is 214 g/mol. The Labute approximate surface area is 86.8 Å². The number of carbonyl (C=O) groups excluding carboxylic acids is 1. The lowest BCUT2D eigenvalue weighted by Gasteiger charge is -2.16. The van der Waals surface area contributed by atoms with Gasteiger partial charge in [-0.3, -0.25) is 4.79 Å². The Hall–Kier alpha value is -1.47. The summed E-state index contributed by atoms with van der Waals surface area (Å²) < 4.78 is 5.94. The van der Waals surface area contributed by atoms with Gasteiger partial charge in [-0.05, 0) is 6.92 Å². The second kappa shape index (κ2) is 4.85. The van der Waals surface area contributed by atoms with Gasteiger partial charge in [0.25, 0.3) is 0 Å². The quantitative estimate of drug-likeness (QED) is 0.612. The van der Waals surface area contributed by atoms with Crippen molar-refractivity contribution in [2.75, 3.05) is 7.11 Å². The first-order valence-electron chi connectivity index (χ1n) is 4.45. The molecular weight excluding hydrogens is 200 g/mol. The molecule has 0 radical (unpaired) electrons. The second-order valence-electron chi connectivity index (χ2n) is 3.14. The molecule has 1 heterocycles. The summed E-state index contributed by atoms with van der Waals surface area (Å²) in [6.45, 7) is 1.53. The molecule has 0 aliphatic carbocycles. The molecule has 0 fully saturated rings. The molecule has 1 rings (SSSR count). The van der Waals surface area contributed by atoms with Crippen LogP contribution in [0.2, 0.25) is 0 Å². The number of esters is 1. The third-order valence-corrected chi connectivity index (χ3v) is 2.13. The van der Waals surface area contributed by atoms with E-state index < -0.39 is 12.0 Å². The minimum atomic E-state index is -0.803. The van der Waals surface area contributed by atoms with Crippen LogP contribution in [0.4, 0.5) is 0 Å². The molecule has 0 unspecified atom stereocenters. The summed E-state index contributed by atoms with van der Waals surface area (Å²) >= 11 is 0. The smallest absolute Gasteiger partial charge is 0.324 e. The number of rotatable bonds is 4. The van der Waals surface area contributed by atoms with Crippen molar-refractivity contribution in [2.45, 2.75) is 25.6 Å². The zero-order valence-electron chi connectivity index (χ0n) is 8.62. The van der Waals surface area contributed by atoms with E-state index in [4.69, 9.17) is 10.8 Å². The van der Waals surface area contributed by atoms with Crippen molar-refractivity contribution in [3.8, 4) is 0 Å². The average Bonchev–Trinajstić information content (AvgIpc) is 2.74. The molecule has 0 amide bonds. The van der Waals surface area contributed by atoms with E-state index >= 15 is 0 Å². The van der Waals surface area contributed by atoms with Crippen LogP contribution in [0.5, 0.6) is 0 Å². The Balaban J connectivity index is 2.75. The topological polar surface area (TPSA) is 103 Å². The van der Waals surface area contributed by atoms with E-state index in [9.17, 15) is 4.79 Å². The maximum Gasteiger partial charge on any atom is 0.324 e. The summed E-state index contributed by atoms with van der Waals surface area (Å²) in [7, 11) is 1.27. The molecular formula is C8H14N4O3. The van der Waals surface area contributed by atoms with Gasteiger partial charge in [0, 0.05) is 0 Å². The third-order valence-electron chi connectivity index (χ3n) is 2.13. The maximum atomic E-state index is 11.1. The van der Waals surface area contributed by atoms with Crippen molar-refractivity contribution in [1.82, 2.24) is 15.0 Å². The van der Waals surface area contributed by atoms with Crippen LogP contribution in [0.25, 0.3) is 0 Å². The van der Waals surface area contributed by atoms with Gasteiger partial charge in [-0.15, -0.1) is 5.10 Å². The van der Waals surface area contributed by atoms with Crippen LogP contribution < -0.4 is 5.73 Å². The van der Waals surface area contributed by atoms with Crippen LogP contribution in [-0.2, 0) is 16.1 Å². The lowest BCUT2D eigenvalue weighted by atomic mass is 10.1. The van der Waals surface area contributed by atoms with E-state index in [1.807, 2.05) is 0 Å². The van der Waals surface area contributed by atoms with Crippen LogP contribution in [0, 0.1) is 0 Å². The van der Waals surface area contributed by atoms with Crippen LogP contribution >= 0.6 is 0 Å². The van der Waals surface area contributed by atoms with E-state index in [0.29, 0.717) is 5.69 Å². The van der Waals surface area contributed by atoms with Gasteiger partial charge in [0.15, 0.2) is 0 Å². The molecule has 0 spiro atoms. The molecule has 7 heteroatoms. The third kappa shape index (κ3) is 2.51. The van der Waals surface area contributed by atoms with Crippen molar-refractivity contribution >= 4 is 5.97 Å². The Morgan fingerprint density at radius 1 is 1.80 bits per heavy atom. The molecule has 0 saturated carbocycles. The first-order valence-corrected chi connectivity index (χ1v) is 4.45. The van der Waals surface area contributed by atoms with Crippen LogP contribution in [0.3, 0.4) is 0 Å². The summed E-state index contributed by atoms with van der Waals surface area (Å²) in [6, 6.07) is -1.17. The zero-order chi connectivity index (χ0) is 11.4. The number of carbonyl (C=O) groups is 1. The Morgan fingerprint density at radius 3 is 2.93 bits per heavy atom. The Morgan fingerprint density at radius 2 is 2.47 bits per heavy atom. The van der Waals surface area contributed by atoms with Crippen molar-refractivity contribution in [1.29, 1.82) is 0 Å². The van der Waals surface area contributed by atoms with Crippen molar-refractivity contribution in [2.24, 2.45) is 5.73 Å². The number of aliphatic hydroxyl groups is 1. The summed E-state index contributed by atoms with van der Waals surface area (Å²) in [5.41, 5.74) is 6.06. The zero-order valence-corrected chi connectivity index (χ0v) is 8.62. The standard InChI is InChI=1S/C8H14N4O3/c1-5(7(9)8(14)15-2)12-3-6(4-13)10-11-12/h3,5,7,13H,4,9H2,1-2H3/t5-,7-/m0/s1. The summed E-state index contributed by atoms with van der Waals surface area (Å²) in [4.78, 5) is 11.1. The number of aliphatic hydroxyl groups excluding tert-OH is 1. The summed E-state index contributed by atoms with van der Waals surface area (Å²) in [5.74, 6) is -0.511. The fraction of sp³-hybridized carbons (Fsp3) is 0.625. The molecule has 0 saturated heterocycles. The van der Waals surface area contributed by atoms with Gasteiger partial charge >= 0.3 is 5.97 Å². The number of hydrogen-bond acceptors (Lipinski definition) is 6. The highest BCUT2D eigenvalue weighted by Crippen LogP contribution is 2.09. The van der Waals surface area contributed by atoms with E-state index in [0.717, 1.165) is 0 Å². The van der Waals surface area contributed by atoms with Crippen LogP contribution in [0.1, 0.15) is 18.7 Å². The minimum Gasteiger partial charge on any atom is -0.468 e. The van der Waals surface area contributed by atoms with Crippen molar-refractivity contribution in [3.05, 3.63) is 11.9 Å². The first-order chi connectivity index (χ1) is 7.10. The van der Waals surface area contributed by atoms with Crippen LogP contribution in [-0.4, -0.2) is 39.2 Å². The SMILES string of the molecule is COC(=O)[C@@H](N)[C@H](C)n1cc(CO)nn1. The van der Waals surface area contributed by atoms with E-state index in [1.165, 1.54) is 18.0 Å². The van der Waals surface area contributed by atoms with E-state index in [2.05, 4.69) is 15.0 Å². The summed E-state index contributed by atoms with van der Waals surface area (Å²) in [6.07, 6.45) is 1.54. The van der Waals surface area contributed by atoms with Crippen molar-refractivity contribution < 1.29 is 14.6 Å².